The van der Waals surface area contributed by atoms with Gasteiger partial charge in [0.15, 0.2) is 5.58 Å². The summed E-state index contributed by atoms with van der Waals surface area (Å²) in [5.41, 5.74) is 1.16. The largest absolute Gasteiger partial charge is 0.423 e. The van der Waals surface area contributed by atoms with Crippen molar-refractivity contribution in [3.63, 3.8) is 0 Å². The van der Waals surface area contributed by atoms with Crippen LogP contribution in [0.1, 0.15) is 0 Å². The quantitative estimate of drug-likeness (QED) is 0.800. The second-order valence-corrected chi connectivity index (χ2v) is 6.38. The van der Waals surface area contributed by atoms with E-state index in [-0.39, 0.29) is 10.2 Å². The van der Waals surface area contributed by atoms with E-state index in [2.05, 4.69) is 9.71 Å². The van der Waals surface area contributed by atoms with Gasteiger partial charge in [-0.15, -0.1) is 11.3 Å². The van der Waals surface area contributed by atoms with Crippen molar-refractivity contribution in [1.82, 2.24) is 4.98 Å². The molecule has 2 aromatic heterocycles. The monoisotopic (exact) mass is 280 g/mol. The number of thiophene rings is 1. The summed E-state index contributed by atoms with van der Waals surface area (Å²) in [5.74, 6) is 0. The van der Waals surface area contributed by atoms with Gasteiger partial charge in [-0.2, -0.15) is 4.98 Å². The lowest BCUT2D eigenvalue weighted by Crippen LogP contribution is -2.11. The highest BCUT2D eigenvalue weighted by Gasteiger charge is 2.18. The molecule has 0 fully saturated rings. The Morgan fingerprint density at radius 3 is 2.72 bits per heavy atom. The summed E-state index contributed by atoms with van der Waals surface area (Å²) in [7, 11) is -3.61. The number of fused-ring (bicyclic) bond motifs is 1. The van der Waals surface area contributed by atoms with Gasteiger partial charge in [0.2, 0.25) is 0 Å². The molecule has 0 spiro atoms. The lowest BCUT2D eigenvalue weighted by Gasteiger charge is -2.00. The van der Waals surface area contributed by atoms with Crippen molar-refractivity contribution < 1.29 is 12.8 Å². The van der Waals surface area contributed by atoms with Gasteiger partial charge >= 0.3 is 6.01 Å². The summed E-state index contributed by atoms with van der Waals surface area (Å²) in [4.78, 5) is 4.06. The van der Waals surface area contributed by atoms with E-state index in [1.54, 1.807) is 29.6 Å². The molecule has 0 amide bonds. The number of anilines is 1. The van der Waals surface area contributed by atoms with Crippen LogP contribution in [0, 0.1) is 0 Å². The summed E-state index contributed by atoms with van der Waals surface area (Å²) in [5, 5.41) is 1.70. The maximum atomic E-state index is 11.9. The standard InChI is InChI=1S/C11H8N2O3S2/c14-18(15,10-6-3-7-17-10)13-11-12-8-4-1-2-5-9(8)16-11/h1-7H,(H,12,13). The number of hydrogen-bond acceptors (Lipinski definition) is 5. The fourth-order valence-electron chi connectivity index (χ4n) is 1.50. The zero-order valence-electron chi connectivity index (χ0n) is 9.03. The number of rotatable bonds is 3. The van der Waals surface area contributed by atoms with Gasteiger partial charge in [-0.05, 0) is 23.6 Å². The fourth-order valence-corrected chi connectivity index (χ4v) is 3.42. The molecule has 0 radical (unpaired) electrons. The molecular formula is C11H8N2O3S2. The molecule has 0 bridgehead atoms. The molecule has 1 aromatic carbocycles. The number of nitrogens with one attached hydrogen (secondary N) is 1. The fraction of sp³-hybridized carbons (Fsp3) is 0. The van der Waals surface area contributed by atoms with Gasteiger partial charge in [0.1, 0.15) is 9.73 Å². The van der Waals surface area contributed by atoms with Crippen LogP contribution in [0.15, 0.2) is 50.4 Å². The van der Waals surface area contributed by atoms with Crippen molar-refractivity contribution >= 4 is 38.5 Å². The van der Waals surface area contributed by atoms with Gasteiger partial charge in [-0.1, -0.05) is 18.2 Å². The van der Waals surface area contributed by atoms with Crippen LogP contribution in [0.3, 0.4) is 0 Å². The van der Waals surface area contributed by atoms with Gasteiger partial charge in [-0.3, -0.25) is 0 Å². The zero-order valence-corrected chi connectivity index (χ0v) is 10.7. The Morgan fingerprint density at radius 2 is 2.00 bits per heavy atom. The predicted molar refractivity (Wildman–Crippen MR) is 69.1 cm³/mol. The number of para-hydroxylation sites is 2. The molecular weight excluding hydrogens is 272 g/mol. The average molecular weight is 280 g/mol. The SMILES string of the molecule is O=S(=O)(Nc1nc2ccccc2o1)c1cccs1. The minimum atomic E-state index is -3.61. The molecule has 92 valence electrons. The van der Waals surface area contributed by atoms with Crippen LogP contribution in [-0.4, -0.2) is 13.4 Å². The van der Waals surface area contributed by atoms with E-state index in [4.69, 9.17) is 4.42 Å². The van der Waals surface area contributed by atoms with Crippen LogP contribution in [0.4, 0.5) is 6.01 Å². The molecule has 3 rings (SSSR count). The van der Waals surface area contributed by atoms with E-state index in [1.807, 2.05) is 6.07 Å². The average Bonchev–Trinajstić information content (AvgIpc) is 2.96. The molecule has 2 heterocycles. The smallest absolute Gasteiger partial charge is 0.309 e. The molecule has 0 unspecified atom stereocenters. The Morgan fingerprint density at radius 1 is 1.17 bits per heavy atom. The maximum absolute atomic E-state index is 11.9. The van der Waals surface area contributed by atoms with Crippen LogP contribution in [-0.2, 0) is 10.0 Å². The molecule has 0 aliphatic carbocycles. The van der Waals surface area contributed by atoms with Crippen LogP contribution in [0.2, 0.25) is 0 Å². The number of sulfonamides is 1. The minimum Gasteiger partial charge on any atom is -0.423 e. The van der Waals surface area contributed by atoms with E-state index in [0.29, 0.717) is 11.1 Å². The topological polar surface area (TPSA) is 72.2 Å². The predicted octanol–water partition coefficient (Wildman–Crippen LogP) is 2.69. The van der Waals surface area contributed by atoms with E-state index in [1.165, 1.54) is 6.07 Å². The molecule has 0 saturated heterocycles. The summed E-state index contributed by atoms with van der Waals surface area (Å²) < 4.78 is 31.7. The number of nitrogens with zero attached hydrogens (tertiary/aromatic N) is 1. The molecule has 0 saturated carbocycles. The molecule has 0 aliphatic rings. The van der Waals surface area contributed by atoms with E-state index in [9.17, 15) is 8.42 Å². The molecule has 5 nitrogen and oxygen atoms in total. The van der Waals surface area contributed by atoms with E-state index >= 15 is 0 Å². The third-order valence-corrected chi connectivity index (χ3v) is 4.99. The number of hydrogen-bond donors (Lipinski definition) is 1. The lowest BCUT2D eigenvalue weighted by atomic mass is 10.3. The van der Waals surface area contributed by atoms with Crippen molar-refractivity contribution in [3.8, 4) is 0 Å². The molecule has 7 heteroatoms. The maximum Gasteiger partial charge on any atom is 0.309 e. The highest BCUT2D eigenvalue weighted by Crippen LogP contribution is 2.22. The zero-order chi connectivity index (χ0) is 12.6. The van der Waals surface area contributed by atoms with Gasteiger partial charge < -0.3 is 4.42 Å². The Bertz CT molecular complexity index is 743. The van der Waals surface area contributed by atoms with Gasteiger partial charge in [0.05, 0.1) is 0 Å². The van der Waals surface area contributed by atoms with Crippen molar-refractivity contribution in [3.05, 3.63) is 41.8 Å². The van der Waals surface area contributed by atoms with Crippen molar-refractivity contribution in [2.75, 3.05) is 4.72 Å². The first-order valence-electron chi connectivity index (χ1n) is 5.07. The highest BCUT2D eigenvalue weighted by atomic mass is 32.2. The highest BCUT2D eigenvalue weighted by molar-refractivity contribution is 7.94. The van der Waals surface area contributed by atoms with Gasteiger partial charge in [0, 0.05) is 0 Å². The Kier molecular flexibility index (Phi) is 2.57. The van der Waals surface area contributed by atoms with Crippen LogP contribution in [0.25, 0.3) is 11.1 Å². The molecule has 1 N–H and O–H groups in total. The van der Waals surface area contributed by atoms with Crippen LogP contribution < -0.4 is 4.72 Å². The first-order valence-corrected chi connectivity index (χ1v) is 7.43. The Labute approximate surface area is 107 Å². The van der Waals surface area contributed by atoms with Crippen molar-refractivity contribution in [2.24, 2.45) is 0 Å². The molecule has 0 aliphatic heterocycles. The summed E-state index contributed by atoms with van der Waals surface area (Å²) in [6.45, 7) is 0. The summed E-state index contributed by atoms with van der Waals surface area (Å²) >= 11 is 1.14. The third-order valence-electron chi connectivity index (χ3n) is 2.28. The number of aromatic nitrogens is 1. The van der Waals surface area contributed by atoms with Gasteiger partial charge in [-0.25, -0.2) is 13.1 Å². The normalized spacial score (nSPS) is 11.8. The third kappa shape index (κ3) is 1.98. The van der Waals surface area contributed by atoms with Crippen LogP contribution in [0.5, 0.6) is 0 Å². The second kappa shape index (κ2) is 4.11. The first kappa shape index (κ1) is 11.2. The van der Waals surface area contributed by atoms with E-state index < -0.39 is 10.0 Å². The number of benzene rings is 1. The first-order chi connectivity index (χ1) is 8.65. The molecule has 18 heavy (non-hydrogen) atoms. The number of oxazole rings is 1. The van der Waals surface area contributed by atoms with Crippen molar-refractivity contribution in [1.29, 1.82) is 0 Å². The Hall–Kier alpha value is -1.86. The van der Waals surface area contributed by atoms with Gasteiger partial charge in [0.25, 0.3) is 10.0 Å². The molecule has 0 atom stereocenters. The Balaban J connectivity index is 1.97. The minimum absolute atomic E-state index is 0.0235. The lowest BCUT2D eigenvalue weighted by molar-refractivity contribution is 0.593. The summed E-state index contributed by atoms with van der Waals surface area (Å²) in [6.07, 6.45) is 0. The second-order valence-electron chi connectivity index (χ2n) is 3.52. The summed E-state index contributed by atoms with van der Waals surface area (Å²) in [6, 6.07) is 10.3. The van der Waals surface area contributed by atoms with Crippen LogP contribution >= 0.6 is 11.3 Å². The van der Waals surface area contributed by atoms with E-state index in [0.717, 1.165) is 11.3 Å². The van der Waals surface area contributed by atoms with Crippen molar-refractivity contribution in [2.45, 2.75) is 4.21 Å². The molecule has 3 aromatic rings.